The van der Waals surface area contributed by atoms with Crippen LogP contribution in [0.15, 0.2) is 10.9 Å². The number of halogens is 1. The number of carbonyl (C=O) groups excluding carboxylic acids is 1. The van der Waals surface area contributed by atoms with Gasteiger partial charge in [-0.25, -0.2) is 4.98 Å². The molecule has 1 unspecified atom stereocenters. The molecule has 1 amide bonds. The van der Waals surface area contributed by atoms with E-state index in [2.05, 4.69) is 20.6 Å². The maximum Gasteiger partial charge on any atom is 0.239 e. The number of amides is 1. The monoisotopic (exact) mass is 330 g/mol. The third-order valence-electron chi connectivity index (χ3n) is 4.13. The minimum absolute atomic E-state index is 0. The number of hydrogen-bond donors (Lipinski definition) is 1. The van der Waals surface area contributed by atoms with Gasteiger partial charge in [-0.3, -0.25) is 9.69 Å². The predicted molar refractivity (Wildman–Crippen MR) is 86.9 cm³/mol. The van der Waals surface area contributed by atoms with Gasteiger partial charge in [0.2, 0.25) is 5.91 Å². The summed E-state index contributed by atoms with van der Waals surface area (Å²) in [6, 6.07) is 0.0695. The van der Waals surface area contributed by atoms with Crippen molar-refractivity contribution in [2.24, 2.45) is 0 Å². The van der Waals surface area contributed by atoms with E-state index in [1.165, 1.54) is 0 Å². The van der Waals surface area contributed by atoms with Crippen LogP contribution < -0.4 is 5.32 Å². The second kappa shape index (κ2) is 8.08. The lowest BCUT2D eigenvalue weighted by molar-refractivity contribution is -0.132. The van der Waals surface area contributed by atoms with E-state index in [1.807, 2.05) is 10.4 Å². The lowest BCUT2D eigenvalue weighted by atomic mass is 10.2. The van der Waals surface area contributed by atoms with Crippen molar-refractivity contribution in [1.82, 2.24) is 20.1 Å². The van der Waals surface area contributed by atoms with Gasteiger partial charge in [0.15, 0.2) is 0 Å². The first-order valence-corrected chi connectivity index (χ1v) is 8.39. The molecule has 1 N–H and O–H groups in total. The first kappa shape index (κ1) is 16.7. The Bertz CT molecular complexity index is 436. The van der Waals surface area contributed by atoms with Gasteiger partial charge in [0, 0.05) is 38.1 Å². The SMILES string of the molecule is Cl.O=C(C1CCCN1)N1CCCN(Cc2cscn2)CC1. The summed E-state index contributed by atoms with van der Waals surface area (Å²) in [6.07, 6.45) is 3.18. The Labute approximate surface area is 136 Å². The molecule has 0 aromatic carbocycles. The number of hydrogen-bond acceptors (Lipinski definition) is 5. The molecule has 0 aliphatic carbocycles. The summed E-state index contributed by atoms with van der Waals surface area (Å²) < 4.78 is 0. The highest BCUT2D eigenvalue weighted by Gasteiger charge is 2.28. The fourth-order valence-corrected chi connectivity index (χ4v) is 3.56. The van der Waals surface area contributed by atoms with Crippen LogP contribution in [-0.4, -0.2) is 59.5 Å². The van der Waals surface area contributed by atoms with Crippen LogP contribution in [0.3, 0.4) is 0 Å². The van der Waals surface area contributed by atoms with Gasteiger partial charge in [0.05, 0.1) is 17.2 Å². The van der Waals surface area contributed by atoms with E-state index in [0.29, 0.717) is 5.91 Å². The van der Waals surface area contributed by atoms with E-state index in [9.17, 15) is 4.79 Å². The van der Waals surface area contributed by atoms with Gasteiger partial charge in [-0.15, -0.1) is 23.7 Å². The Hall–Kier alpha value is -0.690. The van der Waals surface area contributed by atoms with Crippen molar-refractivity contribution < 1.29 is 4.79 Å². The second-order valence-electron chi connectivity index (χ2n) is 5.58. The van der Waals surface area contributed by atoms with E-state index in [0.717, 1.165) is 64.2 Å². The quantitative estimate of drug-likeness (QED) is 0.909. The fourth-order valence-electron chi connectivity index (χ4n) is 3.01. The zero-order valence-electron chi connectivity index (χ0n) is 12.2. The minimum Gasteiger partial charge on any atom is -0.340 e. The molecule has 118 valence electrons. The molecule has 2 saturated heterocycles. The number of carbonyl (C=O) groups is 1. The highest BCUT2D eigenvalue weighted by Crippen LogP contribution is 2.13. The molecule has 1 aromatic heterocycles. The summed E-state index contributed by atoms with van der Waals surface area (Å²) in [6.45, 7) is 5.65. The van der Waals surface area contributed by atoms with Crippen molar-refractivity contribution >= 4 is 29.7 Å². The van der Waals surface area contributed by atoms with Gasteiger partial charge in [-0.1, -0.05) is 0 Å². The number of thiazole rings is 1. The van der Waals surface area contributed by atoms with Crippen LogP contribution in [0, 0.1) is 0 Å². The van der Waals surface area contributed by atoms with Crippen molar-refractivity contribution in [1.29, 1.82) is 0 Å². The third-order valence-corrected chi connectivity index (χ3v) is 4.76. The average molecular weight is 331 g/mol. The molecule has 2 aliphatic heterocycles. The molecule has 21 heavy (non-hydrogen) atoms. The molecule has 2 aliphatic rings. The van der Waals surface area contributed by atoms with Crippen LogP contribution in [-0.2, 0) is 11.3 Å². The van der Waals surface area contributed by atoms with Crippen LogP contribution in [0.25, 0.3) is 0 Å². The molecule has 5 nitrogen and oxygen atoms in total. The van der Waals surface area contributed by atoms with Gasteiger partial charge in [-0.05, 0) is 25.8 Å². The first-order valence-electron chi connectivity index (χ1n) is 7.44. The Morgan fingerprint density at radius 1 is 1.33 bits per heavy atom. The standard InChI is InChI=1S/C14H22N4OS.ClH/c19-14(13-3-1-4-15-13)18-6-2-5-17(7-8-18)9-12-10-20-11-16-12;/h10-11,13,15H,1-9H2;1H. The molecule has 0 radical (unpaired) electrons. The summed E-state index contributed by atoms with van der Waals surface area (Å²) in [7, 11) is 0. The fraction of sp³-hybridized carbons (Fsp3) is 0.714. The largest absolute Gasteiger partial charge is 0.340 e. The van der Waals surface area contributed by atoms with Gasteiger partial charge >= 0.3 is 0 Å². The molecule has 0 bridgehead atoms. The minimum atomic E-state index is 0. The third kappa shape index (κ3) is 4.39. The van der Waals surface area contributed by atoms with Crippen LogP contribution in [0.4, 0.5) is 0 Å². The molecule has 3 heterocycles. The van der Waals surface area contributed by atoms with Gasteiger partial charge in [-0.2, -0.15) is 0 Å². The van der Waals surface area contributed by atoms with Crippen molar-refractivity contribution in [2.45, 2.75) is 31.8 Å². The summed E-state index contributed by atoms with van der Waals surface area (Å²) in [5, 5.41) is 5.42. The van der Waals surface area contributed by atoms with Gasteiger partial charge in [0.25, 0.3) is 0 Å². The molecular formula is C14H23ClN4OS. The van der Waals surface area contributed by atoms with Crippen LogP contribution in [0.2, 0.25) is 0 Å². The van der Waals surface area contributed by atoms with Crippen molar-refractivity contribution in [3.63, 3.8) is 0 Å². The smallest absolute Gasteiger partial charge is 0.239 e. The van der Waals surface area contributed by atoms with Crippen molar-refractivity contribution in [3.05, 3.63) is 16.6 Å². The molecular weight excluding hydrogens is 308 g/mol. The first-order chi connectivity index (χ1) is 9.83. The molecule has 3 rings (SSSR count). The van der Waals surface area contributed by atoms with Crippen LogP contribution >= 0.6 is 23.7 Å². The van der Waals surface area contributed by atoms with E-state index in [1.54, 1.807) is 11.3 Å². The zero-order valence-corrected chi connectivity index (χ0v) is 13.8. The van der Waals surface area contributed by atoms with E-state index >= 15 is 0 Å². The second-order valence-corrected chi connectivity index (χ2v) is 6.30. The molecule has 0 spiro atoms. The Kier molecular flexibility index (Phi) is 6.41. The van der Waals surface area contributed by atoms with Crippen molar-refractivity contribution in [2.75, 3.05) is 32.7 Å². The zero-order chi connectivity index (χ0) is 13.8. The van der Waals surface area contributed by atoms with Gasteiger partial charge < -0.3 is 10.2 Å². The predicted octanol–water partition coefficient (Wildman–Crippen LogP) is 1.35. The molecule has 1 aromatic rings. The average Bonchev–Trinajstić information content (AvgIpc) is 3.10. The number of nitrogens with zero attached hydrogens (tertiary/aromatic N) is 3. The van der Waals surface area contributed by atoms with E-state index in [4.69, 9.17) is 0 Å². The lowest BCUT2D eigenvalue weighted by Crippen LogP contribution is -2.45. The molecule has 2 fully saturated rings. The van der Waals surface area contributed by atoms with Crippen LogP contribution in [0.5, 0.6) is 0 Å². The normalized spacial score (nSPS) is 23.6. The van der Waals surface area contributed by atoms with Gasteiger partial charge in [0.1, 0.15) is 0 Å². The topological polar surface area (TPSA) is 48.5 Å². The Morgan fingerprint density at radius 2 is 2.24 bits per heavy atom. The summed E-state index contributed by atoms with van der Waals surface area (Å²) >= 11 is 1.65. The maximum atomic E-state index is 12.4. The molecule has 0 saturated carbocycles. The Morgan fingerprint density at radius 3 is 2.95 bits per heavy atom. The highest BCUT2D eigenvalue weighted by atomic mass is 35.5. The Balaban J connectivity index is 0.00000161. The van der Waals surface area contributed by atoms with E-state index < -0.39 is 0 Å². The summed E-state index contributed by atoms with van der Waals surface area (Å²) in [4.78, 5) is 21.2. The molecule has 1 atom stereocenters. The number of aromatic nitrogens is 1. The number of rotatable bonds is 3. The summed E-state index contributed by atoms with van der Waals surface area (Å²) in [5.41, 5.74) is 3.03. The highest BCUT2D eigenvalue weighted by molar-refractivity contribution is 7.07. The lowest BCUT2D eigenvalue weighted by Gasteiger charge is -2.24. The van der Waals surface area contributed by atoms with E-state index in [-0.39, 0.29) is 18.4 Å². The summed E-state index contributed by atoms with van der Waals surface area (Å²) in [5.74, 6) is 0.304. The number of nitrogens with one attached hydrogen (secondary N) is 1. The van der Waals surface area contributed by atoms with Crippen LogP contribution in [0.1, 0.15) is 25.0 Å². The van der Waals surface area contributed by atoms with Crippen molar-refractivity contribution in [3.8, 4) is 0 Å². The maximum absolute atomic E-state index is 12.4. The molecule has 7 heteroatoms.